The number of aryl methyl sites for hydroxylation is 1. The Morgan fingerprint density at radius 1 is 1.30 bits per heavy atom. The molecule has 1 aromatic heterocycles. The molecule has 0 aliphatic carbocycles. The minimum atomic E-state index is -1.59. The Hall–Kier alpha value is -2.64. The van der Waals surface area contributed by atoms with Crippen LogP contribution in [0.5, 0.6) is 0 Å². The Kier molecular flexibility index (Phi) is 4.63. The molecule has 8 nitrogen and oxygen atoms in total. The van der Waals surface area contributed by atoms with Crippen LogP contribution in [-0.2, 0) is 16.6 Å². The molecule has 0 radical (unpaired) electrons. The first kappa shape index (κ1) is 15.4. The number of rotatable bonds is 5. The average molecular weight is 282 g/mol. The summed E-state index contributed by atoms with van der Waals surface area (Å²) >= 11 is 0. The molecular weight excluding hydrogens is 268 g/mol. The number of pyridine rings is 1. The zero-order valence-electron chi connectivity index (χ0n) is 10.9. The van der Waals surface area contributed by atoms with E-state index in [-0.39, 0.29) is 5.56 Å². The van der Waals surface area contributed by atoms with E-state index < -0.39 is 35.9 Å². The quantitative estimate of drug-likeness (QED) is 0.659. The number of nitrogens with one attached hydrogen (secondary N) is 1. The van der Waals surface area contributed by atoms with Gasteiger partial charge in [0.15, 0.2) is 0 Å². The number of carbonyl (C=O) groups is 3. The van der Waals surface area contributed by atoms with Crippen LogP contribution in [0.15, 0.2) is 16.9 Å². The Bertz CT molecular complexity index is 619. The lowest BCUT2D eigenvalue weighted by Gasteiger charge is -2.13. The van der Waals surface area contributed by atoms with Gasteiger partial charge in [-0.15, -0.1) is 0 Å². The maximum atomic E-state index is 11.8. The molecule has 0 saturated heterocycles. The summed E-state index contributed by atoms with van der Waals surface area (Å²) in [5, 5.41) is 19.4. The van der Waals surface area contributed by atoms with E-state index in [0.717, 1.165) is 0 Å². The van der Waals surface area contributed by atoms with Crippen LogP contribution in [0.2, 0.25) is 0 Å². The third-order valence-corrected chi connectivity index (χ3v) is 2.78. The smallest absolute Gasteiger partial charge is 0.326 e. The van der Waals surface area contributed by atoms with Gasteiger partial charge in [0.2, 0.25) is 0 Å². The number of hydrogen-bond acceptors (Lipinski definition) is 4. The van der Waals surface area contributed by atoms with Gasteiger partial charge < -0.3 is 20.1 Å². The molecule has 8 heteroatoms. The minimum absolute atomic E-state index is 0.241. The lowest BCUT2D eigenvalue weighted by atomic mass is 10.1. The molecule has 0 spiro atoms. The summed E-state index contributed by atoms with van der Waals surface area (Å²) < 4.78 is 1.24. The molecule has 108 valence electrons. The standard InChI is InChI=1S/C12H14N2O6/c1-6-3-4-7(11(18)14(6)2)10(17)13-8(12(19)20)5-9(15)16/h3-4,8H,5H2,1-2H3,(H,13,17)(H,15,16)(H,19,20)/t8-/m0/s1. The largest absolute Gasteiger partial charge is 0.481 e. The summed E-state index contributed by atoms with van der Waals surface area (Å²) in [6, 6.07) is 1.21. The molecule has 1 atom stereocenters. The highest BCUT2D eigenvalue weighted by Gasteiger charge is 2.24. The predicted octanol–water partition coefficient (Wildman–Crippen LogP) is -0.649. The zero-order chi connectivity index (χ0) is 15.4. The van der Waals surface area contributed by atoms with Crippen molar-refractivity contribution in [3.05, 3.63) is 33.7 Å². The number of carbonyl (C=O) groups excluding carboxylic acids is 1. The second kappa shape index (κ2) is 6.00. The van der Waals surface area contributed by atoms with Crippen LogP contribution in [0.3, 0.4) is 0 Å². The van der Waals surface area contributed by atoms with Crippen LogP contribution in [0.1, 0.15) is 22.5 Å². The van der Waals surface area contributed by atoms with Crippen LogP contribution in [-0.4, -0.2) is 38.7 Å². The summed E-state index contributed by atoms with van der Waals surface area (Å²) in [4.78, 5) is 45.1. The zero-order valence-corrected chi connectivity index (χ0v) is 10.9. The number of nitrogens with zero attached hydrogens (tertiary/aromatic N) is 1. The maximum Gasteiger partial charge on any atom is 0.326 e. The predicted molar refractivity (Wildman–Crippen MR) is 67.6 cm³/mol. The van der Waals surface area contributed by atoms with Crippen molar-refractivity contribution in [1.29, 1.82) is 0 Å². The molecule has 0 aliphatic rings. The third kappa shape index (κ3) is 3.44. The number of amides is 1. The van der Waals surface area contributed by atoms with Gasteiger partial charge in [-0.1, -0.05) is 0 Å². The molecule has 3 N–H and O–H groups in total. The lowest BCUT2D eigenvalue weighted by molar-refractivity contribution is -0.145. The fourth-order valence-corrected chi connectivity index (χ4v) is 1.51. The molecule has 1 aromatic rings. The van der Waals surface area contributed by atoms with Crippen molar-refractivity contribution in [2.75, 3.05) is 0 Å². The lowest BCUT2D eigenvalue weighted by Crippen LogP contribution is -2.44. The normalized spacial score (nSPS) is 11.7. The van der Waals surface area contributed by atoms with Crippen LogP contribution in [0, 0.1) is 6.92 Å². The average Bonchev–Trinajstić information content (AvgIpc) is 2.34. The molecular formula is C12H14N2O6. The van der Waals surface area contributed by atoms with Crippen molar-refractivity contribution >= 4 is 17.8 Å². The van der Waals surface area contributed by atoms with Gasteiger partial charge in [0.25, 0.3) is 11.5 Å². The highest BCUT2D eigenvalue weighted by Crippen LogP contribution is 1.99. The number of aromatic nitrogens is 1. The Labute approximate surface area is 113 Å². The van der Waals surface area contributed by atoms with E-state index in [9.17, 15) is 19.2 Å². The molecule has 1 amide bonds. The van der Waals surface area contributed by atoms with Crippen molar-refractivity contribution < 1.29 is 24.6 Å². The van der Waals surface area contributed by atoms with Crippen molar-refractivity contribution in [2.24, 2.45) is 7.05 Å². The third-order valence-electron chi connectivity index (χ3n) is 2.78. The van der Waals surface area contributed by atoms with Gasteiger partial charge in [-0.2, -0.15) is 0 Å². The molecule has 0 aromatic carbocycles. The molecule has 1 rings (SSSR count). The monoisotopic (exact) mass is 282 g/mol. The van der Waals surface area contributed by atoms with Crippen LogP contribution in [0.4, 0.5) is 0 Å². The molecule has 0 fully saturated rings. The summed E-state index contributed by atoms with van der Waals surface area (Å²) in [5.74, 6) is -3.77. The van der Waals surface area contributed by atoms with Crippen molar-refractivity contribution in [3.8, 4) is 0 Å². The molecule has 0 unspecified atom stereocenters. The van der Waals surface area contributed by atoms with Gasteiger partial charge >= 0.3 is 11.9 Å². The number of carboxylic acids is 2. The van der Waals surface area contributed by atoms with Crippen LogP contribution < -0.4 is 10.9 Å². The van der Waals surface area contributed by atoms with E-state index in [1.165, 1.54) is 23.7 Å². The van der Waals surface area contributed by atoms with Gasteiger partial charge in [0.05, 0.1) is 6.42 Å². The van der Waals surface area contributed by atoms with E-state index in [4.69, 9.17) is 10.2 Å². The molecule has 0 saturated carbocycles. The molecule has 0 aliphatic heterocycles. The van der Waals surface area contributed by atoms with Crippen molar-refractivity contribution in [2.45, 2.75) is 19.4 Å². The van der Waals surface area contributed by atoms with E-state index >= 15 is 0 Å². The van der Waals surface area contributed by atoms with Gasteiger partial charge in [-0.3, -0.25) is 14.4 Å². The van der Waals surface area contributed by atoms with Crippen LogP contribution in [0.25, 0.3) is 0 Å². The first-order valence-electron chi connectivity index (χ1n) is 5.66. The highest BCUT2D eigenvalue weighted by molar-refractivity contribution is 5.97. The van der Waals surface area contributed by atoms with Crippen LogP contribution >= 0.6 is 0 Å². The summed E-state index contributed by atoms with van der Waals surface area (Å²) in [7, 11) is 1.47. The Balaban J connectivity index is 3.01. The molecule has 0 bridgehead atoms. The van der Waals surface area contributed by atoms with E-state index in [0.29, 0.717) is 5.69 Å². The first-order chi connectivity index (χ1) is 9.23. The van der Waals surface area contributed by atoms with E-state index in [1.807, 2.05) is 5.32 Å². The Morgan fingerprint density at radius 2 is 1.90 bits per heavy atom. The molecule has 1 heterocycles. The van der Waals surface area contributed by atoms with Gasteiger partial charge in [-0.05, 0) is 19.1 Å². The maximum absolute atomic E-state index is 11.8. The minimum Gasteiger partial charge on any atom is -0.481 e. The van der Waals surface area contributed by atoms with Gasteiger partial charge in [-0.25, -0.2) is 4.79 Å². The number of carboxylic acid groups (broad SMARTS) is 2. The topological polar surface area (TPSA) is 126 Å². The first-order valence-corrected chi connectivity index (χ1v) is 5.66. The highest BCUT2D eigenvalue weighted by atomic mass is 16.4. The fraction of sp³-hybridized carbons (Fsp3) is 0.333. The van der Waals surface area contributed by atoms with Gasteiger partial charge in [0.1, 0.15) is 11.6 Å². The van der Waals surface area contributed by atoms with Crippen molar-refractivity contribution in [1.82, 2.24) is 9.88 Å². The summed E-state index contributed by atoms with van der Waals surface area (Å²) in [5.41, 5.74) is -0.191. The SMILES string of the molecule is Cc1ccc(C(=O)N[C@@H](CC(=O)O)C(=O)O)c(=O)n1C. The van der Waals surface area contributed by atoms with E-state index in [1.54, 1.807) is 6.92 Å². The number of aliphatic carboxylic acids is 2. The second-order valence-corrected chi connectivity index (χ2v) is 4.21. The summed E-state index contributed by atoms with van der Waals surface area (Å²) in [6.07, 6.45) is -0.771. The van der Waals surface area contributed by atoms with Gasteiger partial charge in [0, 0.05) is 12.7 Å². The number of hydrogen-bond donors (Lipinski definition) is 3. The molecule has 20 heavy (non-hydrogen) atoms. The van der Waals surface area contributed by atoms with Crippen molar-refractivity contribution in [3.63, 3.8) is 0 Å². The summed E-state index contributed by atoms with van der Waals surface area (Å²) in [6.45, 7) is 1.67. The van der Waals surface area contributed by atoms with E-state index in [2.05, 4.69) is 0 Å². The second-order valence-electron chi connectivity index (χ2n) is 4.21. The Morgan fingerprint density at radius 3 is 2.40 bits per heavy atom. The fourth-order valence-electron chi connectivity index (χ4n) is 1.51.